The summed E-state index contributed by atoms with van der Waals surface area (Å²) in [5.41, 5.74) is 1.76. The van der Waals surface area contributed by atoms with E-state index in [9.17, 15) is 5.11 Å². The highest BCUT2D eigenvalue weighted by atomic mass is 16.5. The molecular formula is C17H22N2O2. The lowest BCUT2D eigenvalue weighted by molar-refractivity contribution is 0.162. The first-order valence-corrected chi connectivity index (χ1v) is 7.55. The summed E-state index contributed by atoms with van der Waals surface area (Å²) in [5.74, 6) is 0.798. The van der Waals surface area contributed by atoms with Crippen LogP contribution in [0.2, 0.25) is 0 Å². The molecule has 0 atom stereocenters. The highest BCUT2D eigenvalue weighted by molar-refractivity contribution is 5.84. The molecule has 3 rings (SSSR count). The Balaban J connectivity index is 1.81. The minimum absolute atomic E-state index is 0.114. The SMILES string of the molecule is COc1cccc2ccc(CNC3(CO)CCCC3)nc12. The standard InChI is InChI=1S/C17H22N2O2/c1-21-15-6-4-5-13-7-8-14(19-16(13)15)11-18-17(12-20)9-2-3-10-17/h4-8,18,20H,2-3,9-12H2,1H3. The zero-order valence-electron chi connectivity index (χ0n) is 12.4. The lowest BCUT2D eigenvalue weighted by Crippen LogP contribution is -2.45. The van der Waals surface area contributed by atoms with Crippen molar-refractivity contribution in [3.05, 3.63) is 36.0 Å². The first-order valence-electron chi connectivity index (χ1n) is 7.55. The molecule has 1 aliphatic rings. The van der Waals surface area contributed by atoms with Crippen molar-refractivity contribution in [2.45, 2.75) is 37.8 Å². The van der Waals surface area contributed by atoms with Gasteiger partial charge in [0, 0.05) is 17.5 Å². The van der Waals surface area contributed by atoms with Crippen LogP contribution in [0.4, 0.5) is 0 Å². The van der Waals surface area contributed by atoms with Crippen molar-refractivity contribution >= 4 is 10.9 Å². The molecule has 4 heteroatoms. The van der Waals surface area contributed by atoms with Crippen LogP contribution in [0.5, 0.6) is 5.75 Å². The second kappa shape index (κ2) is 6.00. The number of ether oxygens (including phenoxy) is 1. The van der Waals surface area contributed by atoms with E-state index in [1.807, 2.05) is 24.3 Å². The number of methoxy groups -OCH3 is 1. The number of aromatic nitrogens is 1. The van der Waals surface area contributed by atoms with Crippen LogP contribution < -0.4 is 10.1 Å². The number of pyridine rings is 1. The monoisotopic (exact) mass is 286 g/mol. The normalized spacial score (nSPS) is 17.2. The Morgan fingerprint density at radius 1 is 1.24 bits per heavy atom. The molecule has 1 aromatic heterocycles. The number of nitrogens with one attached hydrogen (secondary N) is 1. The van der Waals surface area contributed by atoms with Gasteiger partial charge in [0.25, 0.3) is 0 Å². The van der Waals surface area contributed by atoms with Gasteiger partial charge in [-0.15, -0.1) is 0 Å². The van der Waals surface area contributed by atoms with Crippen molar-refractivity contribution in [2.75, 3.05) is 13.7 Å². The number of nitrogens with zero attached hydrogens (tertiary/aromatic N) is 1. The summed E-state index contributed by atoms with van der Waals surface area (Å²) in [7, 11) is 1.67. The lowest BCUT2D eigenvalue weighted by atomic mass is 9.99. The first-order chi connectivity index (χ1) is 10.3. The molecule has 0 spiro atoms. The molecule has 1 fully saturated rings. The second-order valence-corrected chi connectivity index (χ2v) is 5.83. The molecule has 0 saturated heterocycles. The summed E-state index contributed by atoms with van der Waals surface area (Å²) in [6.07, 6.45) is 4.46. The predicted molar refractivity (Wildman–Crippen MR) is 83.4 cm³/mol. The Hall–Kier alpha value is -1.65. The molecular weight excluding hydrogens is 264 g/mol. The van der Waals surface area contributed by atoms with Gasteiger partial charge in [-0.2, -0.15) is 0 Å². The van der Waals surface area contributed by atoms with Gasteiger partial charge in [-0.25, -0.2) is 4.98 Å². The number of aliphatic hydroxyl groups excluding tert-OH is 1. The van der Waals surface area contributed by atoms with Crippen LogP contribution in [0.1, 0.15) is 31.4 Å². The molecule has 1 aromatic carbocycles. The molecule has 0 unspecified atom stereocenters. The minimum Gasteiger partial charge on any atom is -0.494 e. The summed E-state index contributed by atoms with van der Waals surface area (Å²) in [6.45, 7) is 0.873. The third kappa shape index (κ3) is 2.87. The van der Waals surface area contributed by atoms with Crippen molar-refractivity contribution in [3.8, 4) is 5.75 Å². The summed E-state index contributed by atoms with van der Waals surface area (Å²) in [5, 5.41) is 14.2. The van der Waals surface area contributed by atoms with E-state index in [4.69, 9.17) is 9.72 Å². The Morgan fingerprint density at radius 3 is 2.76 bits per heavy atom. The average Bonchev–Trinajstić information content (AvgIpc) is 3.01. The summed E-state index contributed by atoms with van der Waals surface area (Å²) in [4.78, 5) is 4.70. The van der Waals surface area contributed by atoms with Gasteiger partial charge in [0.1, 0.15) is 11.3 Å². The topological polar surface area (TPSA) is 54.4 Å². The van der Waals surface area contributed by atoms with Crippen molar-refractivity contribution in [2.24, 2.45) is 0 Å². The van der Waals surface area contributed by atoms with Crippen molar-refractivity contribution < 1.29 is 9.84 Å². The Labute approximate surface area is 125 Å². The number of aliphatic hydroxyl groups is 1. The van der Waals surface area contributed by atoms with Gasteiger partial charge in [-0.05, 0) is 25.0 Å². The lowest BCUT2D eigenvalue weighted by Gasteiger charge is -2.28. The Bertz CT molecular complexity index is 621. The van der Waals surface area contributed by atoms with Gasteiger partial charge in [0.2, 0.25) is 0 Å². The fraction of sp³-hybridized carbons (Fsp3) is 0.471. The molecule has 21 heavy (non-hydrogen) atoms. The minimum atomic E-state index is -0.114. The van der Waals surface area contributed by atoms with Crippen molar-refractivity contribution in [1.29, 1.82) is 0 Å². The Kier molecular flexibility index (Phi) is 4.08. The molecule has 1 heterocycles. The number of fused-ring (bicyclic) bond motifs is 1. The molecule has 0 amide bonds. The van der Waals surface area contributed by atoms with Crippen LogP contribution in [0.25, 0.3) is 10.9 Å². The molecule has 0 aliphatic heterocycles. The second-order valence-electron chi connectivity index (χ2n) is 5.83. The van der Waals surface area contributed by atoms with Crippen molar-refractivity contribution in [1.82, 2.24) is 10.3 Å². The highest BCUT2D eigenvalue weighted by Gasteiger charge is 2.32. The van der Waals surface area contributed by atoms with E-state index in [0.717, 1.165) is 35.2 Å². The third-order valence-corrected chi connectivity index (χ3v) is 4.47. The van der Waals surface area contributed by atoms with E-state index in [1.165, 1.54) is 12.8 Å². The van der Waals surface area contributed by atoms with Gasteiger partial charge >= 0.3 is 0 Å². The van der Waals surface area contributed by atoms with Gasteiger partial charge in [-0.1, -0.05) is 31.0 Å². The number of benzene rings is 1. The average molecular weight is 286 g/mol. The van der Waals surface area contributed by atoms with Gasteiger partial charge in [-0.3, -0.25) is 0 Å². The zero-order valence-corrected chi connectivity index (χ0v) is 12.4. The van der Waals surface area contributed by atoms with Crippen LogP contribution >= 0.6 is 0 Å². The third-order valence-electron chi connectivity index (χ3n) is 4.47. The molecule has 2 N–H and O–H groups in total. The van der Waals surface area contributed by atoms with Crippen LogP contribution in [0.15, 0.2) is 30.3 Å². The first kappa shape index (κ1) is 14.3. The van der Waals surface area contributed by atoms with Gasteiger partial charge in [0.05, 0.1) is 19.4 Å². The molecule has 1 saturated carbocycles. The molecule has 112 valence electrons. The maximum absolute atomic E-state index is 9.65. The maximum Gasteiger partial charge on any atom is 0.145 e. The van der Waals surface area contributed by atoms with Crippen LogP contribution in [-0.2, 0) is 6.54 Å². The predicted octanol–water partition coefficient (Wildman–Crippen LogP) is 2.64. The van der Waals surface area contributed by atoms with Crippen LogP contribution in [0, 0.1) is 0 Å². The van der Waals surface area contributed by atoms with Gasteiger partial charge < -0.3 is 15.2 Å². The number of para-hydroxylation sites is 1. The van der Waals surface area contributed by atoms with Gasteiger partial charge in [0.15, 0.2) is 0 Å². The smallest absolute Gasteiger partial charge is 0.145 e. The quantitative estimate of drug-likeness (QED) is 0.887. The fourth-order valence-corrected chi connectivity index (χ4v) is 3.14. The van der Waals surface area contributed by atoms with E-state index in [0.29, 0.717) is 6.54 Å². The number of rotatable bonds is 5. The van der Waals surface area contributed by atoms with E-state index >= 15 is 0 Å². The zero-order chi connectivity index (χ0) is 14.7. The maximum atomic E-state index is 9.65. The molecule has 4 nitrogen and oxygen atoms in total. The van der Waals surface area contributed by atoms with Crippen LogP contribution in [0.3, 0.4) is 0 Å². The summed E-state index contributed by atoms with van der Waals surface area (Å²) >= 11 is 0. The number of hydrogen-bond acceptors (Lipinski definition) is 4. The summed E-state index contributed by atoms with van der Waals surface area (Å²) < 4.78 is 5.38. The molecule has 0 radical (unpaired) electrons. The Morgan fingerprint density at radius 2 is 2.05 bits per heavy atom. The van der Waals surface area contributed by atoms with E-state index in [-0.39, 0.29) is 12.1 Å². The van der Waals surface area contributed by atoms with Crippen molar-refractivity contribution in [3.63, 3.8) is 0 Å². The number of hydrogen-bond donors (Lipinski definition) is 2. The van der Waals surface area contributed by atoms with Crippen LogP contribution in [-0.4, -0.2) is 29.3 Å². The summed E-state index contributed by atoms with van der Waals surface area (Å²) in [6, 6.07) is 10.0. The highest BCUT2D eigenvalue weighted by Crippen LogP contribution is 2.29. The van der Waals surface area contributed by atoms with E-state index < -0.39 is 0 Å². The van der Waals surface area contributed by atoms with E-state index in [2.05, 4.69) is 11.4 Å². The fourth-order valence-electron chi connectivity index (χ4n) is 3.14. The molecule has 2 aromatic rings. The van der Waals surface area contributed by atoms with E-state index in [1.54, 1.807) is 7.11 Å². The molecule has 1 aliphatic carbocycles. The largest absolute Gasteiger partial charge is 0.494 e. The molecule has 0 bridgehead atoms.